The second-order valence-corrected chi connectivity index (χ2v) is 3.65. The Kier molecular flexibility index (Phi) is 5.50. The predicted octanol–water partition coefficient (Wildman–Crippen LogP) is 3.28. The first-order valence-corrected chi connectivity index (χ1v) is 5.41. The molecule has 1 atom stereocenters. The van der Waals surface area contributed by atoms with Gasteiger partial charge in [-0.25, -0.2) is 5.11 Å². The Morgan fingerprint density at radius 3 is 2.47 bits per heavy atom. The number of rotatable bonds is 6. The van der Waals surface area contributed by atoms with Crippen molar-refractivity contribution in [2.24, 2.45) is 0 Å². The molecule has 0 fully saturated rings. The van der Waals surface area contributed by atoms with Gasteiger partial charge in [0.15, 0.2) is 0 Å². The van der Waals surface area contributed by atoms with Gasteiger partial charge in [-0.15, -0.1) is 0 Å². The van der Waals surface area contributed by atoms with E-state index in [0.29, 0.717) is 0 Å². The molecule has 1 rings (SSSR count). The zero-order chi connectivity index (χ0) is 10.9. The van der Waals surface area contributed by atoms with Crippen LogP contribution in [0.5, 0.6) is 0 Å². The van der Waals surface area contributed by atoms with Crippen molar-refractivity contribution in [1.82, 2.24) is 0 Å². The van der Waals surface area contributed by atoms with Gasteiger partial charge in [0.2, 0.25) is 0 Å². The number of nitriles is 1. The fraction of sp³-hybridized carbons (Fsp3) is 0.462. The summed E-state index contributed by atoms with van der Waals surface area (Å²) in [5.41, 5.74) is 1.09. The van der Waals surface area contributed by atoms with Crippen molar-refractivity contribution in [3.05, 3.63) is 35.9 Å². The van der Waals surface area contributed by atoms with Crippen LogP contribution >= 0.6 is 0 Å². The fourth-order valence-corrected chi connectivity index (χ4v) is 1.62. The lowest BCUT2D eigenvalue weighted by Crippen LogP contribution is -1.95. The summed E-state index contributed by atoms with van der Waals surface area (Å²) < 4.78 is 0. The minimum Gasteiger partial charge on any atom is -0.237 e. The number of benzene rings is 1. The molecular weight excluding hydrogens is 186 g/mol. The van der Waals surface area contributed by atoms with Gasteiger partial charge in [-0.2, -0.15) is 5.26 Å². The van der Waals surface area contributed by atoms with Crippen LogP contribution in [0.2, 0.25) is 0 Å². The van der Waals surface area contributed by atoms with Gasteiger partial charge in [-0.1, -0.05) is 43.2 Å². The van der Waals surface area contributed by atoms with Gasteiger partial charge in [0.25, 0.3) is 0 Å². The molecule has 0 aliphatic heterocycles. The van der Waals surface area contributed by atoms with Crippen molar-refractivity contribution >= 4 is 0 Å². The van der Waals surface area contributed by atoms with Gasteiger partial charge in [0, 0.05) is 0 Å². The van der Waals surface area contributed by atoms with Crippen molar-refractivity contribution in [1.29, 1.82) is 5.26 Å². The first kappa shape index (κ1) is 11.7. The van der Waals surface area contributed by atoms with Crippen LogP contribution < -0.4 is 0 Å². The van der Waals surface area contributed by atoms with E-state index in [2.05, 4.69) is 6.07 Å². The molecule has 2 heteroatoms. The number of hydrogen-bond acceptors (Lipinski definition) is 1. The molecule has 15 heavy (non-hydrogen) atoms. The van der Waals surface area contributed by atoms with Crippen LogP contribution in [-0.4, -0.2) is 6.61 Å². The Balaban J connectivity index is 2.41. The molecule has 0 heterocycles. The maximum Gasteiger partial charge on any atom is 0.0822 e. The predicted molar refractivity (Wildman–Crippen MR) is 58.8 cm³/mol. The molecule has 1 radical (unpaired) electrons. The zero-order valence-corrected chi connectivity index (χ0v) is 8.86. The highest BCUT2D eigenvalue weighted by molar-refractivity contribution is 5.24. The first-order valence-electron chi connectivity index (χ1n) is 5.41. The standard InChI is InChI=1S/C13H16NO/c14-11-13(9-5-2-6-10-15)12-7-3-1-4-8-12/h1,3-4,7-8,13H,2,5-6,9-10H2. The summed E-state index contributed by atoms with van der Waals surface area (Å²) in [5.74, 6) is -0.0159. The lowest BCUT2D eigenvalue weighted by molar-refractivity contribution is 0.186. The van der Waals surface area contributed by atoms with E-state index in [1.54, 1.807) is 0 Å². The van der Waals surface area contributed by atoms with Crippen LogP contribution in [0, 0.1) is 11.3 Å². The SMILES string of the molecule is N#CC(CCCCC[O])c1ccccc1. The van der Waals surface area contributed by atoms with Crippen molar-refractivity contribution in [2.75, 3.05) is 6.61 Å². The molecule has 0 N–H and O–H groups in total. The third-order valence-corrected chi connectivity index (χ3v) is 2.49. The molecule has 0 aliphatic rings. The fourth-order valence-electron chi connectivity index (χ4n) is 1.62. The molecule has 0 aromatic heterocycles. The number of unbranched alkanes of at least 4 members (excludes halogenated alkanes) is 2. The number of hydrogen-bond donors (Lipinski definition) is 0. The van der Waals surface area contributed by atoms with Crippen molar-refractivity contribution in [2.45, 2.75) is 31.6 Å². The van der Waals surface area contributed by atoms with Gasteiger partial charge < -0.3 is 0 Å². The smallest absolute Gasteiger partial charge is 0.0822 e. The molecule has 1 unspecified atom stereocenters. The van der Waals surface area contributed by atoms with E-state index in [0.717, 1.165) is 31.2 Å². The summed E-state index contributed by atoms with van der Waals surface area (Å²) in [4.78, 5) is 0. The van der Waals surface area contributed by atoms with E-state index in [1.807, 2.05) is 30.3 Å². The van der Waals surface area contributed by atoms with E-state index in [-0.39, 0.29) is 12.5 Å². The Hall–Kier alpha value is -1.33. The van der Waals surface area contributed by atoms with Gasteiger partial charge in [-0.3, -0.25) is 0 Å². The molecule has 0 aliphatic carbocycles. The lowest BCUT2D eigenvalue weighted by atomic mass is 9.95. The van der Waals surface area contributed by atoms with Crippen LogP contribution in [0.4, 0.5) is 0 Å². The Bertz CT molecular complexity index is 302. The summed E-state index contributed by atoms with van der Waals surface area (Å²) in [5, 5.41) is 19.3. The molecular formula is C13H16NO. The van der Waals surface area contributed by atoms with Gasteiger partial charge in [-0.05, 0) is 18.4 Å². The number of nitrogens with zero attached hydrogens (tertiary/aromatic N) is 1. The van der Waals surface area contributed by atoms with E-state index in [9.17, 15) is 5.11 Å². The van der Waals surface area contributed by atoms with Crippen molar-refractivity contribution in [3.63, 3.8) is 0 Å². The summed E-state index contributed by atoms with van der Waals surface area (Å²) >= 11 is 0. The molecule has 79 valence electrons. The monoisotopic (exact) mass is 202 g/mol. The highest BCUT2D eigenvalue weighted by Gasteiger charge is 2.08. The van der Waals surface area contributed by atoms with Gasteiger partial charge in [0.1, 0.15) is 0 Å². The van der Waals surface area contributed by atoms with E-state index < -0.39 is 0 Å². The lowest BCUT2D eigenvalue weighted by Gasteiger charge is -2.08. The maximum atomic E-state index is 10.2. The van der Waals surface area contributed by atoms with Crippen LogP contribution in [0.3, 0.4) is 0 Å². The van der Waals surface area contributed by atoms with Crippen LogP contribution in [0.15, 0.2) is 30.3 Å². The minimum absolute atomic E-state index is 0.00254. The summed E-state index contributed by atoms with van der Waals surface area (Å²) in [6, 6.07) is 12.2. The summed E-state index contributed by atoms with van der Waals surface area (Å²) in [6.45, 7) is 0.00254. The Morgan fingerprint density at radius 1 is 1.13 bits per heavy atom. The highest BCUT2D eigenvalue weighted by Crippen LogP contribution is 2.21. The van der Waals surface area contributed by atoms with Crippen LogP contribution in [-0.2, 0) is 5.11 Å². The molecule has 0 saturated heterocycles. The minimum atomic E-state index is -0.0159. The third-order valence-electron chi connectivity index (χ3n) is 2.49. The van der Waals surface area contributed by atoms with Crippen molar-refractivity contribution < 1.29 is 5.11 Å². The molecule has 0 amide bonds. The normalized spacial score (nSPS) is 12.0. The largest absolute Gasteiger partial charge is 0.237 e. The van der Waals surface area contributed by atoms with Crippen molar-refractivity contribution in [3.8, 4) is 6.07 Å². The second-order valence-electron chi connectivity index (χ2n) is 3.65. The molecule has 1 aromatic carbocycles. The zero-order valence-electron chi connectivity index (χ0n) is 8.86. The van der Waals surface area contributed by atoms with E-state index in [1.165, 1.54) is 0 Å². The topological polar surface area (TPSA) is 43.7 Å². The summed E-state index contributed by atoms with van der Waals surface area (Å²) in [6.07, 6.45) is 3.50. The second kappa shape index (κ2) is 7.03. The van der Waals surface area contributed by atoms with Gasteiger partial charge >= 0.3 is 0 Å². The van der Waals surface area contributed by atoms with Gasteiger partial charge in [0.05, 0.1) is 18.6 Å². The van der Waals surface area contributed by atoms with Crippen LogP contribution in [0.25, 0.3) is 0 Å². The van der Waals surface area contributed by atoms with E-state index >= 15 is 0 Å². The first-order chi connectivity index (χ1) is 7.38. The Labute approximate surface area is 91.2 Å². The Morgan fingerprint density at radius 2 is 1.87 bits per heavy atom. The average molecular weight is 202 g/mol. The van der Waals surface area contributed by atoms with Crippen LogP contribution in [0.1, 0.15) is 37.2 Å². The average Bonchev–Trinajstić information content (AvgIpc) is 2.30. The molecule has 2 nitrogen and oxygen atoms in total. The van der Waals surface area contributed by atoms with E-state index in [4.69, 9.17) is 5.26 Å². The molecule has 0 saturated carbocycles. The highest BCUT2D eigenvalue weighted by atomic mass is 16.2. The molecule has 0 bridgehead atoms. The maximum absolute atomic E-state index is 10.2. The third kappa shape index (κ3) is 4.14. The molecule has 0 spiro atoms. The summed E-state index contributed by atoms with van der Waals surface area (Å²) in [7, 11) is 0. The quantitative estimate of drug-likeness (QED) is 0.653. The molecule has 1 aromatic rings.